The van der Waals surface area contributed by atoms with Gasteiger partial charge in [0.05, 0.1) is 0 Å². The molecular weight excluding hydrogens is 228 g/mol. The Morgan fingerprint density at radius 2 is 1.72 bits per heavy atom. The molecule has 1 unspecified atom stereocenters. The average Bonchev–Trinajstić information content (AvgIpc) is 2.53. The lowest BCUT2D eigenvalue weighted by Gasteiger charge is -2.39. The maximum Gasteiger partial charge on any atom is 0.267 e. The summed E-state index contributed by atoms with van der Waals surface area (Å²) in [6.07, 6.45) is 0. The van der Waals surface area contributed by atoms with Gasteiger partial charge in [0.2, 0.25) is 5.72 Å². The van der Waals surface area contributed by atoms with E-state index in [0.717, 1.165) is 0 Å². The summed E-state index contributed by atoms with van der Waals surface area (Å²) in [4.78, 5) is 12.2. The smallest absolute Gasteiger partial charge is 0.267 e. The van der Waals surface area contributed by atoms with Crippen molar-refractivity contribution in [2.24, 2.45) is 0 Å². The molecule has 0 saturated carbocycles. The molecule has 1 aromatic rings. The number of hydrogen-bond donors (Lipinski definition) is 1. The van der Waals surface area contributed by atoms with Gasteiger partial charge in [-0.2, -0.15) is 0 Å². The largest absolute Gasteiger partial charge is 0.362 e. The second-order valence-corrected chi connectivity index (χ2v) is 4.75. The fraction of sp³-hybridized carbons (Fsp3) is 0.357. The van der Waals surface area contributed by atoms with Gasteiger partial charge in [0.1, 0.15) is 0 Å². The summed E-state index contributed by atoms with van der Waals surface area (Å²) in [5.41, 5.74) is 0.579. The minimum atomic E-state index is -1.38. The molecule has 4 nitrogen and oxygen atoms in total. The van der Waals surface area contributed by atoms with E-state index in [1.54, 1.807) is 33.0 Å². The highest BCUT2D eigenvalue weighted by molar-refractivity contribution is 5.97. The number of aliphatic hydroxyl groups is 1. The molecule has 1 aliphatic heterocycles. The summed E-state index contributed by atoms with van der Waals surface area (Å²) in [5, 5.41) is 14.0. The van der Waals surface area contributed by atoms with E-state index in [0.29, 0.717) is 16.7 Å². The number of carbonyl (C=O) groups is 1. The molecule has 1 atom stereocenters. The number of carbonyl (C=O) groups excluding carboxylic acids is 1. The fourth-order valence-corrected chi connectivity index (χ4v) is 2.37. The quantitative estimate of drug-likeness (QED) is 0.859. The first-order chi connectivity index (χ1) is 8.40. The molecule has 2 rings (SSSR count). The van der Waals surface area contributed by atoms with Crippen molar-refractivity contribution in [1.29, 1.82) is 0 Å². The Bertz CT molecular complexity index is 508. The third-order valence-corrected chi connectivity index (χ3v) is 3.48. The zero-order valence-corrected chi connectivity index (χ0v) is 11.1. The molecule has 0 saturated heterocycles. The van der Waals surface area contributed by atoms with E-state index < -0.39 is 5.72 Å². The van der Waals surface area contributed by atoms with Crippen molar-refractivity contribution in [3.05, 3.63) is 47.0 Å². The number of rotatable bonds is 2. The molecule has 0 spiro atoms. The van der Waals surface area contributed by atoms with Gasteiger partial charge in [-0.05, 0) is 19.4 Å². The first-order valence-electron chi connectivity index (χ1n) is 5.88. The van der Waals surface area contributed by atoms with Crippen LogP contribution in [0.2, 0.25) is 0 Å². The van der Waals surface area contributed by atoms with Crippen molar-refractivity contribution in [2.45, 2.75) is 19.6 Å². The summed E-state index contributed by atoms with van der Waals surface area (Å²) in [6, 6.07) is 9.24. The van der Waals surface area contributed by atoms with Gasteiger partial charge < -0.3 is 5.11 Å². The van der Waals surface area contributed by atoms with E-state index in [1.165, 1.54) is 5.01 Å². The molecule has 96 valence electrons. The Labute approximate surface area is 107 Å². The second kappa shape index (κ2) is 4.23. The Balaban J connectivity index is 2.62. The van der Waals surface area contributed by atoms with Crippen LogP contribution in [0.15, 0.2) is 41.5 Å². The summed E-state index contributed by atoms with van der Waals surface area (Å²) in [6.45, 7) is 3.54. The van der Waals surface area contributed by atoms with Gasteiger partial charge in [-0.3, -0.25) is 4.79 Å². The topological polar surface area (TPSA) is 43.8 Å². The molecule has 0 bridgehead atoms. The van der Waals surface area contributed by atoms with Gasteiger partial charge in [-0.25, -0.2) is 10.0 Å². The van der Waals surface area contributed by atoms with Crippen LogP contribution in [-0.2, 0) is 10.5 Å². The standard InChI is InChI=1S/C14H18N2O2/c1-10-11(2)14(18,12-8-6-5-7-9-12)16(13(10)17)15(3)4/h5-9,18H,1-4H3. The molecule has 1 aliphatic rings. The van der Waals surface area contributed by atoms with Gasteiger partial charge in [-0.1, -0.05) is 30.3 Å². The number of nitrogens with zero attached hydrogens (tertiary/aromatic N) is 2. The van der Waals surface area contributed by atoms with E-state index >= 15 is 0 Å². The highest BCUT2D eigenvalue weighted by Crippen LogP contribution is 2.41. The summed E-state index contributed by atoms with van der Waals surface area (Å²) < 4.78 is 0. The fourth-order valence-electron chi connectivity index (χ4n) is 2.37. The average molecular weight is 246 g/mol. The van der Waals surface area contributed by atoms with Crippen LogP contribution < -0.4 is 0 Å². The van der Waals surface area contributed by atoms with Crippen LogP contribution in [0.3, 0.4) is 0 Å². The third-order valence-electron chi connectivity index (χ3n) is 3.48. The molecule has 1 amide bonds. The Morgan fingerprint density at radius 1 is 1.17 bits per heavy atom. The number of hydrazine groups is 1. The third kappa shape index (κ3) is 1.57. The number of hydrogen-bond acceptors (Lipinski definition) is 3. The summed E-state index contributed by atoms with van der Waals surface area (Å²) in [5.74, 6) is -0.163. The summed E-state index contributed by atoms with van der Waals surface area (Å²) in [7, 11) is 3.50. The van der Waals surface area contributed by atoms with E-state index in [1.807, 2.05) is 30.3 Å². The first-order valence-corrected chi connectivity index (χ1v) is 5.88. The predicted octanol–water partition coefficient (Wildman–Crippen LogP) is 1.49. The molecule has 0 radical (unpaired) electrons. The van der Waals surface area contributed by atoms with Crippen molar-refractivity contribution in [3.8, 4) is 0 Å². The minimum absolute atomic E-state index is 0.163. The van der Waals surface area contributed by atoms with E-state index in [4.69, 9.17) is 0 Å². The van der Waals surface area contributed by atoms with E-state index in [2.05, 4.69) is 0 Å². The molecule has 0 fully saturated rings. The van der Waals surface area contributed by atoms with Crippen LogP contribution in [0.5, 0.6) is 0 Å². The van der Waals surface area contributed by atoms with Gasteiger partial charge in [0, 0.05) is 25.2 Å². The van der Waals surface area contributed by atoms with Gasteiger partial charge in [-0.15, -0.1) is 0 Å². The van der Waals surface area contributed by atoms with Crippen LogP contribution in [0, 0.1) is 0 Å². The van der Waals surface area contributed by atoms with Crippen molar-refractivity contribution < 1.29 is 9.90 Å². The van der Waals surface area contributed by atoms with Crippen molar-refractivity contribution in [2.75, 3.05) is 14.1 Å². The maximum absolute atomic E-state index is 12.2. The lowest BCUT2D eigenvalue weighted by molar-refractivity contribution is -0.183. The van der Waals surface area contributed by atoms with E-state index in [9.17, 15) is 9.90 Å². The van der Waals surface area contributed by atoms with Crippen molar-refractivity contribution >= 4 is 5.91 Å². The maximum atomic E-state index is 12.2. The SMILES string of the molecule is CC1=C(C)C(O)(c2ccccc2)N(N(C)C)C1=O. The first kappa shape index (κ1) is 12.8. The Kier molecular flexibility index (Phi) is 3.00. The molecule has 1 N–H and O–H groups in total. The van der Waals surface area contributed by atoms with Gasteiger partial charge >= 0.3 is 0 Å². The second-order valence-electron chi connectivity index (χ2n) is 4.75. The van der Waals surface area contributed by atoms with Crippen LogP contribution in [0.1, 0.15) is 19.4 Å². The lowest BCUT2D eigenvalue weighted by Crippen LogP contribution is -2.52. The van der Waals surface area contributed by atoms with E-state index in [-0.39, 0.29) is 5.91 Å². The zero-order valence-electron chi connectivity index (χ0n) is 11.1. The van der Waals surface area contributed by atoms with Crippen molar-refractivity contribution in [3.63, 3.8) is 0 Å². The lowest BCUT2D eigenvalue weighted by atomic mass is 9.95. The molecule has 1 aromatic carbocycles. The zero-order chi connectivity index (χ0) is 13.5. The molecule has 4 heteroatoms. The Hall–Kier alpha value is -1.65. The normalized spacial score (nSPS) is 24.3. The predicted molar refractivity (Wildman–Crippen MR) is 69.2 cm³/mol. The van der Waals surface area contributed by atoms with Gasteiger partial charge in [0.25, 0.3) is 5.91 Å². The molecule has 18 heavy (non-hydrogen) atoms. The molecular formula is C14H18N2O2. The van der Waals surface area contributed by atoms with Crippen LogP contribution in [-0.4, -0.2) is 35.1 Å². The van der Waals surface area contributed by atoms with Crippen molar-refractivity contribution in [1.82, 2.24) is 10.0 Å². The molecule has 0 aliphatic carbocycles. The molecule has 1 heterocycles. The van der Waals surface area contributed by atoms with Crippen LogP contribution >= 0.6 is 0 Å². The highest BCUT2D eigenvalue weighted by atomic mass is 16.3. The van der Waals surface area contributed by atoms with Crippen LogP contribution in [0.4, 0.5) is 0 Å². The number of amides is 1. The van der Waals surface area contributed by atoms with Gasteiger partial charge in [0.15, 0.2) is 0 Å². The highest BCUT2D eigenvalue weighted by Gasteiger charge is 2.49. The van der Waals surface area contributed by atoms with Crippen LogP contribution in [0.25, 0.3) is 0 Å². The Morgan fingerprint density at radius 3 is 2.22 bits per heavy atom. The monoisotopic (exact) mass is 246 g/mol. The molecule has 0 aromatic heterocycles. The summed E-state index contributed by atoms with van der Waals surface area (Å²) >= 11 is 0. The minimum Gasteiger partial charge on any atom is -0.362 e. The number of benzene rings is 1.